The van der Waals surface area contributed by atoms with Crippen molar-refractivity contribution >= 4 is 48.8 Å². The van der Waals surface area contributed by atoms with Crippen LogP contribution in [0.5, 0.6) is 0 Å². The van der Waals surface area contributed by atoms with Crippen LogP contribution in [0.3, 0.4) is 0 Å². The van der Waals surface area contributed by atoms with Crippen LogP contribution in [0.25, 0.3) is 5.57 Å². The molecular formula is C37H36ClN2O6S2+. The predicted molar refractivity (Wildman–Crippen MR) is 192 cm³/mol. The van der Waals surface area contributed by atoms with Gasteiger partial charge in [-0.05, 0) is 66.5 Å². The Kier molecular flexibility index (Phi) is 10.8. The molecule has 1 aliphatic rings. The van der Waals surface area contributed by atoms with Crippen molar-refractivity contribution in [1.29, 1.82) is 0 Å². The summed E-state index contributed by atoms with van der Waals surface area (Å²) in [4.78, 5) is 1.62. The maximum absolute atomic E-state index is 12.6. The van der Waals surface area contributed by atoms with Gasteiger partial charge in [0.25, 0.3) is 10.1 Å². The third-order valence-corrected chi connectivity index (χ3v) is 10.6. The van der Waals surface area contributed by atoms with Crippen molar-refractivity contribution < 1.29 is 30.5 Å². The van der Waals surface area contributed by atoms with Gasteiger partial charge in [-0.1, -0.05) is 103 Å². The molecule has 48 heavy (non-hydrogen) atoms. The van der Waals surface area contributed by atoms with Gasteiger partial charge in [-0.15, -0.1) is 0 Å². The molecule has 248 valence electrons. The summed E-state index contributed by atoms with van der Waals surface area (Å²) in [6.07, 6.45) is 7.36. The predicted octanol–water partition coefficient (Wildman–Crippen LogP) is 7.74. The molecule has 2 atom stereocenters. The SMILES string of the molecule is CCN(c1ccc(C(=C2C=CC(=[N+](CC)[C@@H](c3ccccc3)S(=O)(=O)O)C=C2)c2ccccc2Cl)cc1)[C@@H](c1ccccc1)S(=O)(=O)O. The zero-order valence-corrected chi connectivity index (χ0v) is 28.8. The lowest BCUT2D eigenvalue weighted by Crippen LogP contribution is -2.34. The lowest BCUT2D eigenvalue weighted by Gasteiger charge is -2.31. The largest absolute Gasteiger partial charge is 0.350 e. The van der Waals surface area contributed by atoms with Crippen LogP contribution in [0.15, 0.2) is 139 Å². The molecule has 0 amide bonds. The minimum atomic E-state index is -4.50. The lowest BCUT2D eigenvalue weighted by molar-refractivity contribution is -0.545. The molecule has 0 aromatic heterocycles. The normalized spacial score (nSPS) is 14.4. The number of halogens is 1. The van der Waals surface area contributed by atoms with Crippen LogP contribution < -0.4 is 4.90 Å². The molecule has 1 aliphatic carbocycles. The molecule has 0 saturated carbocycles. The highest BCUT2D eigenvalue weighted by Gasteiger charge is 2.37. The molecule has 8 nitrogen and oxygen atoms in total. The molecule has 0 aliphatic heterocycles. The summed E-state index contributed by atoms with van der Waals surface area (Å²) in [7, 11) is -8.99. The first-order chi connectivity index (χ1) is 22.9. The second-order valence-electron chi connectivity index (χ2n) is 11.1. The number of hydrogen-bond donors (Lipinski definition) is 2. The van der Waals surface area contributed by atoms with E-state index in [1.165, 1.54) is 0 Å². The third kappa shape index (κ3) is 7.69. The number of hydrogen-bond acceptors (Lipinski definition) is 5. The van der Waals surface area contributed by atoms with Gasteiger partial charge >= 0.3 is 15.5 Å². The van der Waals surface area contributed by atoms with Crippen LogP contribution in [-0.2, 0) is 20.2 Å². The van der Waals surface area contributed by atoms with E-state index in [4.69, 9.17) is 11.6 Å². The molecule has 11 heteroatoms. The first-order valence-corrected chi connectivity index (χ1v) is 18.7. The zero-order valence-electron chi connectivity index (χ0n) is 26.4. The number of allylic oxidation sites excluding steroid dienone is 5. The molecular weight excluding hydrogens is 668 g/mol. The Morgan fingerprint density at radius 2 is 1.25 bits per heavy atom. The molecule has 0 fully saturated rings. The molecule has 0 unspecified atom stereocenters. The Balaban J connectivity index is 1.60. The Labute approximate surface area is 287 Å². The third-order valence-electron chi connectivity index (χ3n) is 8.10. The molecule has 4 aromatic rings. The van der Waals surface area contributed by atoms with Crippen molar-refractivity contribution in [3.63, 3.8) is 0 Å². The molecule has 0 radical (unpaired) electrons. The van der Waals surface area contributed by atoms with E-state index in [0.29, 0.717) is 40.6 Å². The van der Waals surface area contributed by atoms with E-state index >= 15 is 0 Å². The van der Waals surface area contributed by atoms with Gasteiger partial charge in [-0.2, -0.15) is 16.8 Å². The highest BCUT2D eigenvalue weighted by molar-refractivity contribution is 7.86. The lowest BCUT2D eigenvalue weighted by atomic mass is 9.90. The monoisotopic (exact) mass is 703 g/mol. The van der Waals surface area contributed by atoms with E-state index < -0.39 is 31.0 Å². The van der Waals surface area contributed by atoms with Crippen LogP contribution in [0.4, 0.5) is 5.69 Å². The average Bonchev–Trinajstić information content (AvgIpc) is 3.07. The molecule has 2 N–H and O–H groups in total. The molecule has 4 aromatic carbocycles. The fourth-order valence-corrected chi connectivity index (χ4v) is 8.43. The van der Waals surface area contributed by atoms with E-state index in [2.05, 4.69) is 0 Å². The van der Waals surface area contributed by atoms with Gasteiger partial charge in [0.2, 0.25) is 5.71 Å². The summed E-state index contributed by atoms with van der Waals surface area (Å²) >= 11 is 6.72. The summed E-state index contributed by atoms with van der Waals surface area (Å²) in [5.74, 6) is 0. The summed E-state index contributed by atoms with van der Waals surface area (Å²) in [5, 5.41) is -2.06. The van der Waals surface area contributed by atoms with Crippen LogP contribution in [-0.4, -0.2) is 49.3 Å². The summed E-state index contributed by atoms with van der Waals surface area (Å²) in [6.45, 7) is 4.26. The van der Waals surface area contributed by atoms with Gasteiger partial charge in [0, 0.05) is 40.5 Å². The highest BCUT2D eigenvalue weighted by Crippen LogP contribution is 2.37. The van der Waals surface area contributed by atoms with Crippen LogP contribution in [0, 0.1) is 0 Å². The van der Waals surface area contributed by atoms with Gasteiger partial charge in [-0.25, -0.2) is 4.58 Å². The second kappa shape index (κ2) is 14.8. The topological polar surface area (TPSA) is 115 Å². The summed E-state index contributed by atoms with van der Waals surface area (Å²) in [6, 6.07) is 31.9. The first-order valence-electron chi connectivity index (χ1n) is 15.3. The first kappa shape index (κ1) is 35.0. The van der Waals surface area contributed by atoms with Crippen molar-refractivity contribution in [3.8, 4) is 0 Å². The number of anilines is 1. The van der Waals surface area contributed by atoms with Crippen LogP contribution in [0.2, 0.25) is 5.02 Å². The van der Waals surface area contributed by atoms with Crippen LogP contribution in [0.1, 0.15) is 46.8 Å². The minimum absolute atomic E-state index is 0.308. The van der Waals surface area contributed by atoms with Gasteiger partial charge in [0.15, 0.2) is 5.37 Å². The quantitative estimate of drug-likeness (QED) is 0.121. The van der Waals surface area contributed by atoms with E-state index in [0.717, 1.165) is 22.3 Å². The Morgan fingerprint density at radius 1 is 0.708 bits per heavy atom. The minimum Gasteiger partial charge on any atom is -0.350 e. The van der Waals surface area contributed by atoms with Crippen molar-refractivity contribution in [2.45, 2.75) is 24.6 Å². The van der Waals surface area contributed by atoms with Gasteiger partial charge in [-0.3, -0.25) is 9.11 Å². The van der Waals surface area contributed by atoms with Gasteiger partial charge < -0.3 is 4.90 Å². The fourth-order valence-electron chi connectivity index (χ4n) is 6.01. The molecule has 0 spiro atoms. The smallest absolute Gasteiger partial charge is 0.334 e. The molecule has 5 rings (SSSR count). The Hall–Kier alpha value is -4.32. The Morgan fingerprint density at radius 3 is 1.75 bits per heavy atom. The molecule has 0 heterocycles. The van der Waals surface area contributed by atoms with E-state index in [1.54, 1.807) is 100 Å². The second-order valence-corrected chi connectivity index (χ2v) is 14.4. The fraction of sp³-hybridized carbons (Fsp3) is 0.162. The zero-order chi connectivity index (χ0) is 34.5. The summed E-state index contributed by atoms with van der Waals surface area (Å²) in [5.41, 5.74) is 5.23. The van der Waals surface area contributed by atoms with Gasteiger partial charge in [0.1, 0.15) is 6.54 Å². The average molecular weight is 704 g/mol. The van der Waals surface area contributed by atoms with Crippen LogP contribution >= 0.6 is 11.6 Å². The standard InChI is InChI=1S/C37H35ClN2O6S2/c1-3-39(36(47(41,42)43)29-13-7-5-8-14-29)31-23-19-27(20-24-31)35(33-17-11-12-18-34(33)38)28-21-25-32(26-22-28)40(4-2)37(48(44,45)46)30-15-9-6-10-16-30/h5-26,36-37H,3-4H2,1-2H3,(H-,41,42,43,44,45,46)/p+1/t36-,37-/m1/s1. The van der Waals surface area contributed by atoms with Crippen molar-refractivity contribution in [1.82, 2.24) is 0 Å². The van der Waals surface area contributed by atoms with E-state index in [-0.39, 0.29) is 0 Å². The summed E-state index contributed by atoms with van der Waals surface area (Å²) < 4.78 is 72.5. The molecule has 0 bridgehead atoms. The maximum Gasteiger partial charge on any atom is 0.334 e. The van der Waals surface area contributed by atoms with E-state index in [9.17, 15) is 25.9 Å². The van der Waals surface area contributed by atoms with Crippen molar-refractivity contribution in [2.75, 3.05) is 18.0 Å². The van der Waals surface area contributed by atoms with E-state index in [1.807, 2.05) is 56.3 Å². The number of nitrogens with zero attached hydrogens (tertiary/aromatic N) is 2. The number of benzene rings is 4. The number of rotatable bonds is 11. The van der Waals surface area contributed by atoms with Crippen molar-refractivity contribution in [3.05, 3.63) is 166 Å². The van der Waals surface area contributed by atoms with Gasteiger partial charge in [0.05, 0.1) is 0 Å². The van der Waals surface area contributed by atoms with Crippen molar-refractivity contribution in [2.24, 2.45) is 0 Å². The highest BCUT2D eigenvalue weighted by atomic mass is 35.5. The Bertz CT molecular complexity index is 2090. The maximum atomic E-state index is 12.6. The molecule has 0 saturated heterocycles.